The largest absolute Gasteiger partial charge is 0.374 e. The zero-order valence-electron chi connectivity index (χ0n) is 11.5. The van der Waals surface area contributed by atoms with Crippen molar-refractivity contribution in [1.82, 2.24) is 4.98 Å². The number of hydrogen-bond acceptors (Lipinski definition) is 3. The molecule has 1 amide bonds. The van der Waals surface area contributed by atoms with Gasteiger partial charge in [-0.05, 0) is 48.7 Å². The highest BCUT2D eigenvalue weighted by molar-refractivity contribution is 6.02. The summed E-state index contributed by atoms with van der Waals surface area (Å²) < 4.78 is 0. The fourth-order valence-electron chi connectivity index (χ4n) is 2.56. The van der Waals surface area contributed by atoms with Crippen molar-refractivity contribution in [2.24, 2.45) is 0 Å². The number of amides is 1. The van der Waals surface area contributed by atoms with E-state index < -0.39 is 0 Å². The lowest BCUT2D eigenvalue weighted by molar-refractivity contribution is 0.102. The maximum Gasteiger partial charge on any atom is 0.274 e. The average molecular weight is 267 g/mol. The molecule has 0 atom stereocenters. The second kappa shape index (κ2) is 5.33. The zero-order valence-corrected chi connectivity index (χ0v) is 11.5. The van der Waals surface area contributed by atoms with E-state index in [9.17, 15) is 4.79 Å². The third-order valence-corrected chi connectivity index (χ3v) is 3.59. The number of nitrogens with zero attached hydrogens (tertiary/aromatic N) is 2. The molecular weight excluding hydrogens is 250 g/mol. The van der Waals surface area contributed by atoms with Gasteiger partial charge in [0.25, 0.3) is 5.91 Å². The molecule has 4 heteroatoms. The van der Waals surface area contributed by atoms with Gasteiger partial charge in [-0.15, -0.1) is 0 Å². The predicted octanol–water partition coefficient (Wildman–Crippen LogP) is 2.72. The Hall–Kier alpha value is -2.36. The smallest absolute Gasteiger partial charge is 0.274 e. The molecule has 0 unspecified atom stereocenters. The maximum absolute atomic E-state index is 12.1. The van der Waals surface area contributed by atoms with Gasteiger partial charge in [0, 0.05) is 31.2 Å². The summed E-state index contributed by atoms with van der Waals surface area (Å²) in [6.07, 6.45) is 3.84. The summed E-state index contributed by atoms with van der Waals surface area (Å²) in [6.45, 7) is 1.09. The van der Waals surface area contributed by atoms with Gasteiger partial charge in [0.05, 0.1) is 0 Å². The number of aryl methyl sites for hydroxylation is 1. The van der Waals surface area contributed by atoms with Crippen LogP contribution in [0, 0.1) is 0 Å². The molecular formula is C16H17N3O. The van der Waals surface area contributed by atoms with Crippen LogP contribution in [-0.4, -0.2) is 24.5 Å². The first-order chi connectivity index (χ1) is 9.74. The van der Waals surface area contributed by atoms with Crippen LogP contribution in [0.15, 0.2) is 42.6 Å². The Kier molecular flexibility index (Phi) is 3.37. The van der Waals surface area contributed by atoms with Crippen molar-refractivity contribution in [1.29, 1.82) is 0 Å². The summed E-state index contributed by atoms with van der Waals surface area (Å²) in [5.74, 6) is -0.172. The number of pyridine rings is 1. The van der Waals surface area contributed by atoms with E-state index in [-0.39, 0.29) is 5.91 Å². The minimum absolute atomic E-state index is 0.172. The number of benzene rings is 1. The van der Waals surface area contributed by atoms with Gasteiger partial charge >= 0.3 is 0 Å². The summed E-state index contributed by atoms with van der Waals surface area (Å²) >= 11 is 0. The summed E-state index contributed by atoms with van der Waals surface area (Å²) in [5, 5.41) is 2.90. The highest BCUT2D eigenvalue weighted by Gasteiger charge is 2.14. The average Bonchev–Trinajstić information content (AvgIpc) is 2.48. The molecule has 102 valence electrons. The Morgan fingerprint density at radius 3 is 3.00 bits per heavy atom. The predicted molar refractivity (Wildman–Crippen MR) is 80.2 cm³/mol. The molecule has 0 bridgehead atoms. The van der Waals surface area contributed by atoms with E-state index in [1.165, 1.54) is 11.3 Å². The van der Waals surface area contributed by atoms with E-state index in [1.807, 2.05) is 12.1 Å². The maximum atomic E-state index is 12.1. The van der Waals surface area contributed by atoms with E-state index in [4.69, 9.17) is 0 Å². The standard InChI is InChI=1S/C16H17N3O/c1-19-10-4-5-12-11-13(7-8-15(12)19)18-16(20)14-6-2-3-9-17-14/h2-3,6-9,11H,4-5,10H2,1H3,(H,18,20). The van der Waals surface area contributed by atoms with Crippen molar-refractivity contribution in [3.05, 3.63) is 53.9 Å². The minimum atomic E-state index is -0.172. The van der Waals surface area contributed by atoms with Gasteiger partial charge in [-0.25, -0.2) is 0 Å². The molecule has 0 saturated heterocycles. The van der Waals surface area contributed by atoms with Crippen LogP contribution in [0.3, 0.4) is 0 Å². The van der Waals surface area contributed by atoms with Crippen molar-refractivity contribution in [3.63, 3.8) is 0 Å². The summed E-state index contributed by atoms with van der Waals surface area (Å²) in [5.41, 5.74) is 3.81. The van der Waals surface area contributed by atoms with E-state index in [0.717, 1.165) is 25.1 Å². The first-order valence-electron chi connectivity index (χ1n) is 6.80. The van der Waals surface area contributed by atoms with Gasteiger partial charge in [0.2, 0.25) is 0 Å². The van der Waals surface area contributed by atoms with Crippen LogP contribution in [0.1, 0.15) is 22.5 Å². The molecule has 0 spiro atoms. The second-order valence-electron chi connectivity index (χ2n) is 5.04. The normalized spacial score (nSPS) is 13.8. The van der Waals surface area contributed by atoms with E-state index in [2.05, 4.69) is 34.4 Å². The molecule has 3 rings (SSSR count). The quantitative estimate of drug-likeness (QED) is 0.910. The first kappa shape index (κ1) is 12.7. The van der Waals surface area contributed by atoms with Crippen LogP contribution >= 0.6 is 0 Å². The summed E-state index contributed by atoms with van der Waals surface area (Å²) in [7, 11) is 2.10. The minimum Gasteiger partial charge on any atom is -0.374 e. The molecule has 0 aliphatic carbocycles. The Bertz CT molecular complexity index is 625. The summed E-state index contributed by atoms with van der Waals surface area (Å²) in [4.78, 5) is 18.4. The number of carbonyl (C=O) groups excluding carboxylic acids is 1. The lowest BCUT2D eigenvalue weighted by Crippen LogP contribution is -2.24. The molecule has 2 aromatic rings. The van der Waals surface area contributed by atoms with Gasteiger partial charge in [0.1, 0.15) is 5.69 Å². The molecule has 20 heavy (non-hydrogen) atoms. The molecule has 4 nitrogen and oxygen atoms in total. The van der Waals surface area contributed by atoms with Crippen molar-refractivity contribution >= 4 is 17.3 Å². The molecule has 1 aromatic carbocycles. The molecule has 0 saturated carbocycles. The number of anilines is 2. The Balaban J connectivity index is 1.80. The highest BCUT2D eigenvalue weighted by atomic mass is 16.1. The molecule has 1 aliphatic heterocycles. The molecule has 0 fully saturated rings. The lowest BCUT2D eigenvalue weighted by Gasteiger charge is -2.27. The van der Waals surface area contributed by atoms with Crippen LogP contribution in [0.25, 0.3) is 0 Å². The third-order valence-electron chi connectivity index (χ3n) is 3.59. The fraction of sp³-hybridized carbons (Fsp3) is 0.250. The van der Waals surface area contributed by atoms with Gasteiger partial charge < -0.3 is 10.2 Å². The molecule has 1 aliphatic rings. The zero-order chi connectivity index (χ0) is 13.9. The van der Waals surface area contributed by atoms with Crippen molar-refractivity contribution in [3.8, 4) is 0 Å². The highest BCUT2D eigenvalue weighted by Crippen LogP contribution is 2.28. The molecule has 1 N–H and O–H groups in total. The van der Waals surface area contributed by atoms with Gasteiger partial charge in [-0.3, -0.25) is 9.78 Å². The molecule has 0 radical (unpaired) electrons. The van der Waals surface area contributed by atoms with Crippen LogP contribution in [0.2, 0.25) is 0 Å². The Morgan fingerprint density at radius 2 is 2.20 bits per heavy atom. The molecule has 1 aromatic heterocycles. The van der Waals surface area contributed by atoms with E-state index in [0.29, 0.717) is 5.69 Å². The third kappa shape index (κ3) is 2.50. The fourth-order valence-corrected chi connectivity index (χ4v) is 2.56. The van der Waals surface area contributed by atoms with Gasteiger partial charge in [0.15, 0.2) is 0 Å². The van der Waals surface area contributed by atoms with Crippen molar-refractivity contribution in [2.45, 2.75) is 12.8 Å². The van der Waals surface area contributed by atoms with Gasteiger partial charge in [-0.2, -0.15) is 0 Å². The Morgan fingerprint density at radius 1 is 1.30 bits per heavy atom. The van der Waals surface area contributed by atoms with E-state index in [1.54, 1.807) is 18.3 Å². The Labute approximate surface area is 118 Å². The van der Waals surface area contributed by atoms with Crippen LogP contribution in [0.4, 0.5) is 11.4 Å². The first-order valence-corrected chi connectivity index (χ1v) is 6.80. The van der Waals surface area contributed by atoms with Crippen LogP contribution in [-0.2, 0) is 6.42 Å². The number of carbonyl (C=O) groups is 1. The number of hydrogen-bond donors (Lipinski definition) is 1. The number of nitrogens with one attached hydrogen (secondary N) is 1. The van der Waals surface area contributed by atoms with Crippen LogP contribution < -0.4 is 10.2 Å². The van der Waals surface area contributed by atoms with Crippen LogP contribution in [0.5, 0.6) is 0 Å². The molecule has 2 heterocycles. The van der Waals surface area contributed by atoms with Gasteiger partial charge in [-0.1, -0.05) is 6.07 Å². The second-order valence-corrected chi connectivity index (χ2v) is 5.04. The summed E-state index contributed by atoms with van der Waals surface area (Å²) in [6, 6.07) is 11.4. The van der Waals surface area contributed by atoms with E-state index >= 15 is 0 Å². The SMILES string of the molecule is CN1CCCc2cc(NC(=O)c3ccccn3)ccc21. The monoisotopic (exact) mass is 267 g/mol. The number of rotatable bonds is 2. The number of aromatic nitrogens is 1. The van der Waals surface area contributed by atoms with Crippen molar-refractivity contribution < 1.29 is 4.79 Å². The number of fused-ring (bicyclic) bond motifs is 1. The lowest BCUT2D eigenvalue weighted by atomic mass is 10.0. The topological polar surface area (TPSA) is 45.2 Å². The van der Waals surface area contributed by atoms with Crippen molar-refractivity contribution in [2.75, 3.05) is 23.8 Å².